The first-order chi connectivity index (χ1) is 9.51. The quantitative estimate of drug-likeness (QED) is 0.843. The summed E-state index contributed by atoms with van der Waals surface area (Å²) in [7, 11) is 1.53. The third kappa shape index (κ3) is 3.11. The predicted octanol–water partition coefficient (Wildman–Crippen LogP) is 3.60. The van der Waals surface area contributed by atoms with E-state index in [0.717, 1.165) is 10.0 Å². The molecule has 1 amide bonds. The molecule has 0 aliphatic carbocycles. The molecule has 0 spiro atoms. The highest BCUT2D eigenvalue weighted by Crippen LogP contribution is 2.26. The Bertz CT molecular complexity index is 656. The van der Waals surface area contributed by atoms with Gasteiger partial charge in [-0.25, -0.2) is 0 Å². The Morgan fingerprint density at radius 3 is 2.70 bits per heavy atom. The van der Waals surface area contributed by atoms with Crippen molar-refractivity contribution in [3.05, 3.63) is 52.0 Å². The molecule has 0 aliphatic heterocycles. The van der Waals surface area contributed by atoms with Crippen molar-refractivity contribution >= 4 is 33.2 Å². The molecule has 104 valence electrons. The van der Waals surface area contributed by atoms with Crippen molar-refractivity contribution in [1.82, 2.24) is 0 Å². The number of aryl methyl sites for hydroxylation is 1. The van der Waals surface area contributed by atoms with Crippen molar-refractivity contribution in [3.8, 4) is 5.75 Å². The molecule has 2 rings (SSSR count). The number of nitrogens with two attached hydrogens (primary N) is 1. The van der Waals surface area contributed by atoms with E-state index in [1.54, 1.807) is 24.3 Å². The number of nitrogen functional groups attached to an aromatic ring is 1. The molecule has 0 bridgehead atoms. The van der Waals surface area contributed by atoms with Crippen LogP contribution >= 0.6 is 15.9 Å². The number of benzene rings is 2. The second-order valence-corrected chi connectivity index (χ2v) is 5.31. The van der Waals surface area contributed by atoms with E-state index in [0.29, 0.717) is 22.7 Å². The van der Waals surface area contributed by atoms with Gasteiger partial charge >= 0.3 is 0 Å². The van der Waals surface area contributed by atoms with Crippen LogP contribution in [0.25, 0.3) is 0 Å². The number of methoxy groups -OCH3 is 1. The van der Waals surface area contributed by atoms with Crippen molar-refractivity contribution in [1.29, 1.82) is 0 Å². The van der Waals surface area contributed by atoms with Gasteiger partial charge in [0.15, 0.2) is 0 Å². The summed E-state index contributed by atoms with van der Waals surface area (Å²) in [5, 5.41) is 2.80. The Balaban J connectivity index is 2.30. The number of carbonyl (C=O) groups excluding carboxylic acids is 1. The first kappa shape index (κ1) is 14.4. The van der Waals surface area contributed by atoms with Gasteiger partial charge in [0, 0.05) is 4.47 Å². The summed E-state index contributed by atoms with van der Waals surface area (Å²) in [6.07, 6.45) is 0. The number of hydrogen-bond acceptors (Lipinski definition) is 3. The fourth-order valence-corrected chi connectivity index (χ4v) is 2.16. The maximum absolute atomic E-state index is 12.3. The number of anilines is 2. The lowest BCUT2D eigenvalue weighted by molar-refractivity contribution is 0.102. The molecule has 2 aromatic rings. The van der Waals surface area contributed by atoms with Crippen molar-refractivity contribution in [2.75, 3.05) is 18.2 Å². The Labute approximate surface area is 126 Å². The topological polar surface area (TPSA) is 64.3 Å². The summed E-state index contributed by atoms with van der Waals surface area (Å²) < 4.78 is 6.07. The van der Waals surface area contributed by atoms with Crippen molar-refractivity contribution in [2.24, 2.45) is 0 Å². The standard InChI is InChI=1S/C15H15BrN2O2/c1-9-3-6-12(17)13(7-9)18-15(19)11-5-4-10(16)8-14(11)20-2/h3-8H,17H2,1-2H3,(H,18,19). The van der Waals surface area contributed by atoms with Gasteiger partial charge in [-0.2, -0.15) is 0 Å². The molecule has 5 heteroatoms. The lowest BCUT2D eigenvalue weighted by atomic mass is 10.1. The number of nitrogens with one attached hydrogen (secondary N) is 1. The van der Waals surface area contributed by atoms with E-state index in [2.05, 4.69) is 21.2 Å². The van der Waals surface area contributed by atoms with Gasteiger partial charge in [-0.05, 0) is 42.8 Å². The predicted molar refractivity (Wildman–Crippen MR) is 84.2 cm³/mol. The second-order valence-electron chi connectivity index (χ2n) is 4.39. The summed E-state index contributed by atoms with van der Waals surface area (Å²) in [6, 6.07) is 10.7. The van der Waals surface area contributed by atoms with Crippen LogP contribution in [-0.4, -0.2) is 13.0 Å². The maximum atomic E-state index is 12.3. The molecule has 20 heavy (non-hydrogen) atoms. The lowest BCUT2D eigenvalue weighted by Crippen LogP contribution is -2.14. The van der Waals surface area contributed by atoms with Crippen LogP contribution in [0.2, 0.25) is 0 Å². The average molecular weight is 335 g/mol. The minimum absolute atomic E-state index is 0.258. The van der Waals surface area contributed by atoms with Crippen molar-refractivity contribution in [3.63, 3.8) is 0 Å². The van der Waals surface area contributed by atoms with E-state index in [4.69, 9.17) is 10.5 Å². The summed E-state index contributed by atoms with van der Waals surface area (Å²) in [5.41, 5.74) is 8.46. The van der Waals surface area contributed by atoms with Gasteiger partial charge in [0.25, 0.3) is 5.91 Å². The van der Waals surface area contributed by atoms with Gasteiger partial charge in [0.2, 0.25) is 0 Å². The molecule has 0 radical (unpaired) electrons. The van der Waals surface area contributed by atoms with Gasteiger partial charge in [0.05, 0.1) is 24.0 Å². The third-order valence-electron chi connectivity index (χ3n) is 2.87. The van der Waals surface area contributed by atoms with Crippen LogP contribution in [0.15, 0.2) is 40.9 Å². The van der Waals surface area contributed by atoms with E-state index in [1.165, 1.54) is 7.11 Å². The summed E-state index contributed by atoms with van der Waals surface area (Å²) in [6.45, 7) is 1.94. The number of amides is 1. The first-order valence-electron chi connectivity index (χ1n) is 6.02. The number of ether oxygens (including phenoxy) is 1. The zero-order valence-electron chi connectivity index (χ0n) is 11.2. The minimum Gasteiger partial charge on any atom is -0.496 e. The Morgan fingerprint density at radius 2 is 2.00 bits per heavy atom. The molecular weight excluding hydrogens is 320 g/mol. The molecule has 0 heterocycles. The van der Waals surface area contributed by atoms with Gasteiger partial charge in [-0.15, -0.1) is 0 Å². The van der Waals surface area contributed by atoms with Crippen LogP contribution in [-0.2, 0) is 0 Å². The number of hydrogen-bond donors (Lipinski definition) is 2. The first-order valence-corrected chi connectivity index (χ1v) is 6.81. The molecule has 0 aromatic heterocycles. The third-order valence-corrected chi connectivity index (χ3v) is 3.36. The van der Waals surface area contributed by atoms with E-state index in [-0.39, 0.29) is 5.91 Å². The molecule has 0 fully saturated rings. The van der Waals surface area contributed by atoms with E-state index < -0.39 is 0 Å². The van der Waals surface area contributed by atoms with Crippen LogP contribution in [0, 0.1) is 6.92 Å². The van der Waals surface area contributed by atoms with Crippen LogP contribution in [0.4, 0.5) is 11.4 Å². The van der Waals surface area contributed by atoms with Gasteiger partial charge < -0.3 is 15.8 Å². The molecule has 2 aromatic carbocycles. The Hall–Kier alpha value is -2.01. The average Bonchev–Trinajstić information content (AvgIpc) is 2.42. The largest absolute Gasteiger partial charge is 0.496 e. The smallest absolute Gasteiger partial charge is 0.259 e. The maximum Gasteiger partial charge on any atom is 0.259 e. The number of carbonyl (C=O) groups is 1. The SMILES string of the molecule is COc1cc(Br)ccc1C(=O)Nc1cc(C)ccc1N. The van der Waals surface area contributed by atoms with Crippen LogP contribution in [0.3, 0.4) is 0 Å². The summed E-state index contributed by atoms with van der Waals surface area (Å²) >= 11 is 3.34. The van der Waals surface area contributed by atoms with E-state index >= 15 is 0 Å². The monoisotopic (exact) mass is 334 g/mol. The summed E-state index contributed by atoms with van der Waals surface area (Å²) in [4.78, 5) is 12.3. The summed E-state index contributed by atoms with van der Waals surface area (Å²) in [5.74, 6) is 0.245. The van der Waals surface area contributed by atoms with Gasteiger partial charge in [-0.1, -0.05) is 22.0 Å². The normalized spacial score (nSPS) is 10.2. The number of halogens is 1. The van der Waals surface area contributed by atoms with Crippen molar-refractivity contribution < 1.29 is 9.53 Å². The lowest BCUT2D eigenvalue weighted by Gasteiger charge is -2.11. The fraction of sp³-hybridized carbons (Fsp3) is 0.133. The van der Waals surface area contributed by atoms with E-state index in [1.807, 2.05) is 19.1 Å². The molecule has 0 saturated carbocycles. The highest BCUT2D eigenvalue weighted by molar-refractivity contribution is 9.10. The highest BCUT2D eigenvalue weighted by Gasteiger charge is 2.14. The van der Waals surface area contributed by atoms with Crippen LogP contribution < -0.4 is 15.8 Å². The van der Waals surface area contributed by atoms with Crippen molar-refractivity contribution in [2.45, 2.75) is 6.92 Å². The molecular formula is C15H15BrN2O2. The second kappa shape index (κ2) is 5.96. The molecule has 4 nitrogen and oxygen atoms in total. The highest BCUT2D eigenvalue weighted by atomic mass is 79.9. The minimum atomic E-state index is -0.258. The number of rotatable bonds is 3. The molecule has 3 N–H and O–H groups in total. The molecule has 0 atom stereocenters. The Morgan fingerprint density at radius 1 is 1.25 bits per heavy atom. The van der Waals surface area contributed by atoms with Crippen LogP contribution in [0.5, 0.6) is 5.75 Å². The Kier molecular flexibility index (Phi) is 4.29. The van der Waals surface area contributed by atoms with E-state index in [9.17, 15) is 4.79 Å². The zero-order valence-corrected chi connectivity index (χ0v) is 12.8. The molecule has 0 aliphatic rings. The fourth-order valence-electron chi connectivity index (χ4n) is 1.82. The van der Waals surface area contributed by atoms with Gasteiger partial charge in [0.1, 0.15) is 5.75 Å². The van der Waals surface area contributed by atoms with Gasteiger partial charge in [-0.3, -0.25) is 4.79 Å². The van der Waals surface area contributed by atoms with Crippen LogP contribution in [0.1, 0.15) is 15.9 Å². The molecule has 0 saturated heterocycles. The zero-order chi connectivity index (χ0) is 14.7. The molecule has 0 unspecified atom stereocenters.